The SMILES string of the molecule is C/C=C/C(=O)OCc1csc(-c2cc(Br)ccc2OC)n1. The molecule has 0 fully saturated rings. The number of halogens is 1. The third-order valence-electron chi connectivity index (χ3n) is 2.61. The number of allylic oxidation sites excluding steroid dienone is 1. The van der Waals surface area contributed by atoms with Crippen LogP contribution in [0.2, 0.25) is 0 Å². The molecule has 0 saturated carbocycles. The Kier molecular flexibility index (Phi) is 5.52. The molecule has 1 aromatic heterocycles. The normalized spacial score (nSPS) is 10.8. The van der Waals surface area contributed by atoms with E-state index in [0.717, 1.165) is 26.5 Å². The number of carbonyl (C=O) groups is 1. The minimum absolute atomic E-state index is 0.163. The summed E-state index contributed by atoms with van der Waals surface area (Å²) >= 11 is 4.93. The third-order valence-corrected chi connectivity index (χ3v) is 4.03. The summed E-state index contributed by atoms with van der Waals surface area (Å²) < 4.78 is 11.4. The van der Waals surface area contributed by atoms with Crippen LogP contribution in [0.4, 0.5) is 0 Å². The monoisotopic (exact) mass is 367 g/mol. The lowest BCUT2D eigenvalue weighted by Crippen LogP contribution is -2.00. The Hall–Kier alpha value is -1.66. The van der Waals surface area contributed by atoms with E-state index >= 15 is 0 Å². The first-order chi connectivity index (χ1) is 10.1. The molecule has 2 aromatic rings. The molecule has 4 nitrogen and oxygen atoms in total. The Labute approximate surface area is 135 Å². The molecule has 0 bridgehead atoms. The van der Waals surface area contributed by atoms with Crippen LogP contribution < -0.4 is 4.74 Å². The Morgan fingerprint density at radius 1 is 1.48 bits per heavy atom. The number of esters is 1. The molecule has 0 amide bonds. The molecule has 0 N–H and O–H groups in total. The second-order valence-electron chi connectivity index (χ2n) is 4.10. The first-order valence-corrected chi connectivity index (χ1v) is 7.89. The number of nitrogens with zero attached hydrogens (tertiary/aromatic N) is 1. The lowest BCUT2D eigenvalue weighted by atomic mass is 10.2. The summed E-state index contributed by atoms with van der Waals surface area (Å²) in [4.78, 5) is 15.8. The number of thiazole rings is 1. The Bertz CT molecular complexity index is 667. The zero-order valence-corrected chi connectivity index (χ0v) is 14.0. The quantitative estimate of drug-likeness (QED) is 0.586. The summed E-state index contributed by atoms with van der Waals surface area (Å²) in [5, 5.41) is 2.70. The van der Waals surface area contributed by atoms with E-state index in [1.54, 1.807) is 20.1 Å². The smallest absolute Gasteiger partial charge is 0.330 e. The summed E-state index contributed by atoms with van der Waals surface area (Å²) in [6.45, 7) is 1.93. The summed E-state index contributed by atoms with van der Waals surface area (Å²) in [7, 11) is 1.63. The van der Waals surface area contributed by atoms with Gasteiger partial charge in [-0.15, -0.1) is 11.3 Å². The summed E-state index contributed by atoms with van der Waals surface area (Å²) in [6.07, 6.45) is 3.02. The highest BCUT2D eigenvalue weighted by Gasteiger charge is 2.11. The number of ether oxygens (including phenoxy) is 2. The van der Waals surface area contributed by atoms with E-state index < -0.39 is 0 Å². The number of benzene rings is 1. The zero-order valence-electron chi connectivity index (χ0n) is 11.6. The predicted molar refractivity (Wildman–Crippen MR) is 86.4 cm³/mol. The van der Waals surface area contributed by atoms with E-state index in [2.05, 4.69) is 20.9 Å². The van der Waals surface area contributed by atoms with Crippen LogP contribution in [0.5, 0.6) is 5.75 Å². The molecule has 0 aliphatic carbocycles. The van der Waals surface area contributed by atoms with Crippen molar-refractivity contribution in [3.8, 4) is 16.3 Å². The molecule has 0 aliphatic rings. The second-order valence-corrected chi connectivity index (χ2v) is 5.87. The maximum atomic E-state index is 11.3. The van der Waals surface area contributed by atoms with E-state index in [1.165, 1.54) is 17.4 Å². The molecular weight excluding hydrogens is 354 g/mol. The summed E-state index contributed by atoms with van der Waals surface area (Å²) in [5.74, 6) is 0.386. The minimum Gasteiger partial charge on any atom is -0.496 e. The van der Waals surface area contributed by atoms with E-state index in [9.17, 15) is 4.79 Å². The third kappa shape index (κ3) is 4.15. The van der Waals surface area contributed by atoms with Crippen molar-refractivity contribution in [2.45, 2.75) is 13.5 Å². The van der Waals surface area contributed by atoms with Crippen LogP contribution in [0.15, 0.2) is 40.2 Å². The van der Waals surface area contributed by atoms with Crippen LogP contribution in [-0.2, 0) is 16.1 Å². The average molecular weight is 368 g/mol. The van der Waals surface area contributed by atoms with Crippen molar-refractivity contribution in [1.29, 1.82) is 0 Å². The van der Waals surface area contributed by atoms with Crippen LogP contribution in [0.1, 0.15) is 12.6 Å². The standard InChI is InChI=1S/C15H14BrNO3S/c1-3-4-14(18)20-8-11-9-21-15(17-11)12-7-10(16)5-6-13(12)19-2/h3-7,9H,8H2,1-2H3/b4-3+. The van der Waals surface area contributed by atoms with E-state index in [4.69, 9.17) is 9.47 Å². The number of rotatable bonds is 5. The highest BCUT2D eigenvalue weighted by Crippen LogP contribution is 2.34. The average Bonchev–Trinajstić information content (AvgIpc) is 2.94. The molecular formula is C15H14BrNO3S. The van der Waals surface area contributed by atoms with Gasteiger partial charge < -0.3 is 9.47 Å². The van der Waals surface area contributed by atoms with E-state index in [-0.39, 0.29) is 12.6 Å². The van der Waals surface area contributed by atoms with E-state index in [1.807, 2.05) is 23.6 Å². The molecule has 110 valence electrons. The molecule has 1 aromatic carbocycles. The molecule has 0 aliphatic heterocycles. The van der Waals surface area contributed by atoms with Crippen molar-refractivity contribution in [2.75, 3.05) is 7.11 Å². The first kappa shape index (κ1) is 15.7. The van der Waals surface area contributed by atoms with Crippen molar-refractivity contribution in [1.82, 2.24) is 4.98 Å². The fourth-order valence-electron chi connectivity index (χ4n) is 1.67. The molecule has 1 heterocycles. The second kappa shape index (κ2) is 7.38. The summed E-state index contributed by atoms with van der Waals surface area (Å²) in [5.41, 5.74) is 1.62. The largest absolute Gasteiger partial charge is 0.496 e. The van der Waals surface area contributed by atoms with Gasteiger partial charge in [0.25, 0.3) is 0 Å². The fraction of sp³-hybridized carbons (Fsp3) is 0.200. The zero-order chi connectivity index (χ0) is 15.2. The molecule has 0 unspecified atom stereocenters. The van der Waals surface area contributed by atoms with Gasteiger partial charge in [0.05, 0.1) is 18.4 Å². The molecule has 21 heavy (non-hydrogen) atoms. The lowest BCUT2D eigenvalue weighted by Gasteiger charge is -2.06. The topological polar surface area (TPSA) is 48.4 Å². The molecule has 0 spiro atoms. The van der Waals surface area contributed by atoms with Gasteiger partial charge in [0.1, 0.15) is 17.4 Å². The van der Waals surface area contributed by atoms with Crippen LogP contribution in [0.3, 0.4) is 0 Å². The molecule has 0 atom stereocenters. The molecule has 6 heteroatoms. The van der Waals surface area contributed by atoms with Crippen LogP contribution in [0.25, 0.3) is 10.6 Å². The van der Waals surface area contributed by atoms with Gasteiger partial charge in [-0.2, -0.15) is 0 Å². The van der Waals surface area contributed by atoms with E-state index in [0.29, 0.717) is 0 Å². The van der Waals surface area contributed by atoms with Crippen molar-refractivity contribution in [3.05, 3.63) is 45.9 Å². The Morgan fingerprint density at radius 2 is 2.29 bits per heavy atom. The van der Waals surface area contributed by atoms with Gasteiger partial charge in [-0.1, -0.05) is 22.0 Å². The number of methoxy groups -OCH3 is 1. The number of hydrogen-bond donors (Lipinski definition) is 0. The highest BCUT2D eigenvalue weighted by atomic mass is 79.9. The maximum absolute atomic E-state index is 11.3. The molecule has 0 saturated heterocycles. The maximum Gasteiger partial charge on any atom is 0.330 e. The first-order valence-electron chi connectivity index (χ1n) is 6.21. The molecule has 0 radical (unpaired) electrons. The number of hydrogen-bond acceptors (Lipinski definition) is 5. The van der Waals surface area contributed by atoms with Crippen molar-refractivity contribution >= 4 is 33.2 Å². The van der Waals surface area contributed by atoms with Crippen LogP contribution in [-0.4, -0.2) is 18.1 Å². The van der Waals surface area contributed by atoms with Crippen LogP contribution in [0, 0.1) is 0 Å². The van der Waals surface area contributed by atoms with Gasteiger partial charge >= 0.3 is 5.97 Å². The predicted octanol–water partition coefficient (Wildman–Crippen LogP) is 4.20. The Balaban J connectivity index is 2.16. The van der Waals surface area contributed by atoms with Gasteiger partial charge in [-0.3, -0.25) is 0 Å². The lowest BCUT2D eigenvalue weighted by molar-refractivity contribution is -0.139. The van der Waals surface area contributed by atoms with Crippen molar-refractivity contribution in [3.63, 3.8) is 0 Å². The van der Waals surface area contributed by atoms with Gasteiger partial charge in [0, 0.05) is 15.9 Å². The van der Waals surface area contributed by atoms with Crippen molar-refractivity contribution < 1.29 is 14.3 Å². The fourth-order valence-corrected chi connectivity index (χ4v) is 2.86. The van der Waals surface area contributed by atoms with Gasteiger partial charge in [-0.05, 0) is 25.1 Å². The number of aromatic nitrogens is 1. The van der Waals surface area contributed by atoms with Gasteiger partial charge in [-0.25, -0.2) is 9.78 Å². The van der Waals surface area contributed by atoms with Gasteiger partial charge in [0.2, 0.25) is 0 Å². The molecule has 2 rings (SSSR count). The van der Waals surface area contributed by atoms with Crippen LogP contribution >= 0.6 is 27.3 Å². The summed E-state index contributed by atoms with van der Waals surface area (Å²) in [6, 6.07) is 5.75. The highest BCUT2D eigenvalue weighted by molar-refractivity contribution is 9.10. The minimum atomic E-state index is -0.368. The van der Waals surface area contributed by atoms with Gasteiger partial charge in [0.15, 0.2) is 0 Å². The number of carbonyl (C=O) groups excluding carboxylic acids is 1. The van der Waals surface area contributed by atoms with Crippen molar-refractivity contribution in [2.24, 2.45) is 0 Å². The Morgan fingerprint density at radius 3 is 3.00 bits per heavy atom.